The zero-order chi connectivity index (χ0) is 10.6. The Morgan fingerprint density at radius 1 is 1.57 bits per heavy atom. The summed E-state index contributed by atoms with van der Waals surface area (Å²) in [4.78, 5) is 13.2. The Kier molecular flexibility index (Phi) is 4.35. The summed E-state index contributed by atoms with van der Waals surface area (Å²) in [7, 11) is 3.42. The Labute approximate surface area is 84.8 Å². The van der Waals surface area contributed by atoms with Crippen LogP contribution < -0.4 is 0 Å². The summed E-state index contributed by atoms with van der Waals surface area (Å²) in [5.41, 5.74) is 0. The van der Waals surface area contributed by atoms with Crippen molar-refractivity contribution < 1.29 is 14.6 Å². The fraction of sp³-hybridized carbons (Fsp3) is 0.900. The Morgan fingerprint density at radius 2 is 2.14 bits per heavy atom. The van der Waals surface area contributed by atoms with Gasteiger partial charge in [0.25, 0.3) is 0 Å². The van der Waals surface area contributed by atoms with E-state index >= 15 is 0 Å². The van der Waals surface area contributed by atoms with E-state index in [1.165, 1.54) is 7.11 Å². The SMILES string of the molecule is COC(=O)C[C@@H](O)C1CCN(C)CC1. The topological polar surface area (TPSA) is 49.8 Å². The second-order valence-electron chi connectivity index (χ2n) is 3.99. The highest BCUT2D eigenvalue weighted by Crippen LogP contribution is 2.21. The predicted molar refractivity (Wildman–Crippen MR) is 52.9 cm³/mol. The number of ether oxygens (including phenoxy) is 1. The van der Waals surface area contributed by atoms with Gasteiger partial charge in [0, 0.05) is 0 Å². The molecule has 0 aliphatic carbocycles. The van der Waals surface area contributed by atoms with Crippen molar-refractivity contribution in [1.82, 2.24) is 4.90 Å². The van der Waals surface area contributed by atoms with Crippen LogP contribution in [0.4, 0.5) is 0 Å². The molecular weight excluding hydrogens is 182 g/mol. The van der Waals surface area contributed by atoms with Crippen LogP contribution in [0.1, 0.15) is 19.3 Å². The van der Waals surface area contributed by atoms with E-state index in [-0.39, 0.29) is 18.3 Å². The fourth-order valence-electron chi connectivity index (χ4n) is 1.83. The number of likely N-dealkylation sites (tertiary alicyclic amines) is 1. The quantitative estimate of drug-likeness (QED) is 0.665. The molecule has 0 aromatic carbocycles. The zero-order valence-electron chi connectivity index (χ0n) is 8.90. The standard InChI is InChI=1S/C10H19NO3/c1-11-5-3-8(4-6-11)9(12)7-10(13)14-2/h8-9,12H,3-7H2,1-2H3/t9-/m1/s1. The normalized spacial score (nSPS) is 21.9. The maximum Gasteiger partial charge on any atom is 0.308 e. The molecule has 0 radical (unpaired) electrons. The lowest BCUT2D eigenvalue weighted by Gasteiger charge is -2.31. The Bertz CT molecular complexity index is 188. The molecule has 1 N–H and O–H groups in total. The van der Waals surface area contributed by atoms with Gasteiger partial charge in [-0.1, -0.05) is 0 Å². The average molecular weight is 201 g/mol. The van der Waals surface area contributed by atoms with E-state index in [0.717, 1.165) is 25.9 Å². The number of esters is 1. The molecule has 0 aromatic rings. The molecular formula is C10H19NO3. The zero-order valence-corrected chi connectivity index (χ0v) is 8.90. The summed E-state index contributed by atoms with van der Waals surface area (Å²) < 4.78 is 4.52. The van der Waals surface area contributed by atoms with Gasteiger partial charge in [0.15, 0.2) is 0 Å². The van der Waals surface area contributed by atoms with E-state index in [0.29, 0.717) is 0 Å². The second-order valence-corrected chi connectivity index (χ2v) is 3.99. The lowest BCUT2D eigenvalue weighted by Crippen LogP contribution is -2.36. The number of nitrogens with zero attached hydrogens (tertiary/aromatic N) is 1. The van der Waals surface area contributed by atoms with Crippen LogP contribution in [-0.2, 0) is 9.53 Å². The molecule has 0 spiro atoms. The van der Waals surface area contributed by atoms with E-state index in [2.05, 4.69) is 16.7 Å². The number of carbonyl (C=O) groups is 1. The molecule has 82 valence electrons. The molecule has 0 unspecified atom stereocenters. The van der Waals surface area contributed by atoms with E-state index in [4.69, 9.17) is 0 Å². The Hall–Kier alpha value is -0.610. The van der Waals surface area contributed by atoms with Gasteiger partial charge in [-0.15, -0.1) is 0 Å². The summed E-state index contributed by atoms with van der Waals surface area (Å²) in [6.07, 6.45) is 1.53. The van der Waals surface area contributed by atoms with Crippen LogP contribution in [0.25, 0.3) is 0 Å². The van der Waals surface area contributed by atoms with E-state index in [9.17, 15) is 9.90 Å². The van der Waals surface area contributed by atoms with Gasteiger partial charge in [0.2, 0.25) is 0 Å². The first-order valence-electron chi connectivity index (χ1n) is 5.07. The number of methoxy groups -OCH3 is 1. The third-order valence-corrected chi connectivity index (χ3v) is 2.91. The van der Waals surface area contributed by atoms with Crippen molar-refractivity contribution in [3.8, 4) is 0 Å². The Balaban J connectivity index is 2.30. The van der Waals surface area contributed by atoms with E-state index < -0.39 is 6.10 Å². The highest BCUT2D eigenvalue weighted by Gasteiger charge is 2.25. The molecule has 1 atom stereocenters. The largest absolute Gasteiger partial charge is 0.469 e. The maximum atomic E-state index is 10.9. The molecule has 1 rings (SSSR count). The molecule has 1 saturated heterocycles. The number of piperidine rings is 1. The van der Waals surface area contributed by atoms with Gasteiger partial charge in [-0.3, -0.25) is 4.79 Å². The molecule has 1 aliphatic heterocycles. The van der Waals surface area contributed by atoms with Crippen LogP contribution in [0.2, 0.25) is 0 Å². The number of aliphatic hydroxyl groups is 1. The molecule has 0 bridgehead atoms. The second kappa shape index (κ2) is 5.32. The van der Waals surface area contributed by atoms with Gasteiger partial charge in [-0.05, 0) is 38.9 Å². The molecule has 0 aromatic heterocycles. The molecule has 1 fully saturated rings. The van der Waals surface area contributed by atoms with Crippen LogP contribution in [0, 0.1) is 5.92 Å². The highest BCUT2D eigenvalue weighted by molar-refractivity contribution is 5.69. The van der Waals surface area contributed by atoms with E-state index in [1.807, 2.05) is 0 Å². The first-order valence-corrected chi connectivity index (χ1v) is 5.07. The van der Waals surface area contributed by atoms with Crippen LogP contribution >= 0.6 is 0 Å². The van der Waals surface area contributed by atoms with Crippen molar-refractivity contribution in [2.24, 2.45) is 5.92 Å². The van der Waals surface area contributed by atoms with Gasteiger partial charge in [0.1, 0.15) is 0 Å². The summed E-state index contributed by atoms with van der Waals surface area (Å²) >= 11 is 0. The minimum atomic E-state index is -0.531. The molecule has 1 heterocycles. The first kappa shape index (κ1) is 11.5. The number of rotatable bonds is 3. The maximum absolute atomic E-state index is 10.9. The summed E-state index contributed by atoms with van der Waals surface area (Å²) in [6, 6.07) is 0. The predicted octanol–water partition coefficient (Wildman–Crippen LogP) is 0.252. The molecule has 4 heteroatoms. The number of hydrogen-bond acceptors (Lipinski definition) is 4. The minimum absolute atomic E-state index is 0.130. The van der Waals surface area contributed by atoms with Crippen LogP contribution in [0.3, 0.4) is 0 Å². The van der Waals surface area contributed by atoms with Crippen molar-refractivity contribution in [3.63, 3.8) is 0 Å². The summed E-state index contributed by atoms with van der Waals surface area (Å²) in [6.45, 7) is 2.01. The molecule has 14 heavy (non-hydrogen) atoms. The highest BCUT2D eigenvalue weighted by atomic mass is 16.5. The van der Waals surface area contributed by atoms with Crippen molar-refractivity contribution in [2.45, 2.75) is 25.4 Å². The van der Waals surface area contributed by atoms with E-state index in [1.54, 1.807) is 0 Å². The van der Waals surface area contributed by atoms with Gasteiger partial charge < -0.3 is 14.7 Å². The average Bonchev–Trinajstić information content (AvgIpc) is 2.18. The number of aliphatic hydroxyl groups excluding tert-OH is 1. The lowest BCUT2D eigenvalue weighted by atomic mass is 9.90. The third-order valence-electron chi connectivity index (χ3n) is 2.91. The van der Waals surface area contributed by atoms with Crippen LogP contribution in [0.15, 0.2) is 0 Å². The molecule has 1 aliphatic rings. The number of carbonyl (C=O) groups excluding carboxylic acids is 1. The van der Waals surface area contributed by atoms with Gasteiger partial charge >= 0.3 is 5.97 Å². The van der Waals surface area contributed by atoms with Crippen molar-refractivity contribution >= 4 is 5.97 Å². The third kappa shape index (κ3) is 3.27. The van der Waals surface area contributed by atoms with Crippen LogP contribution in [-0.4, -0.2) is 49.3 Å². The van der Waals surface area contributed by atoms with Crippen molar-refractivity contribution in [1.29, 1.82) is 0 Å². The van der Waals surface area contributed by atoms with Crippen molar-refractivity contribution in [2.75, 3.05) is 27.2 Å². The summed E-state index contributed by atoms with van der Waals surface area (Å²) in [5, 5.41) is 9.74. The van der Waals surface area contributed by atoms with Crippen molar-refractivity contribution in [3.05, 3.63) is 0 Å². The fourth-order valence-corrected chi connectivity index (χ4v) is 1.83. The monoisotopic (exact) mass is 201 g/mol. The molecule has 0 amide bonds. The minimum Gasteiger partial charge on any atom is -0.469 e. The number of hydrogen-bond donors (Lipinski definition) is 1. The van der Waals surface area contributed by atoms with Crippen LogP contribution in [0.5, 0.6) is 0 Å². The molecule has 4 nitrogen and oxygen atoms in total. The summed E-state index contributed by atoms with van der Waals surface area (Å²) in [5.74, 6) is -0.0678. The van der Waals surface area contributed by atoms with Gasteiger partial charge in [-0.25, -0.2) is 0 Å². The molecule has 0 saturated carbocycles. The van der Waals surface area contributed by atoms with Gasteiger partial charge in [-0.2, -0.15) is 0 Å². The Morgan fingerprint density at radius 3 is 2.64 bits per heavy atom. The lowest BCUT2D eigenvalue weighted by molar-refractivity contribution is -0.143. The smallest absolute Gasteiger partial charge is 0.308 e. The first-order chi connectivity index (χ1) is 6.63. The van der Waals surface area contributed by atoms with Gasteiger partial charge in [0.05, 0.1) is 19.6 Å².